The molecule has 1 N–H and O–H groups in total. The zero-order valence-corrected chi connectivity index (χ0v) is 10.9. The minimum absolute atomic E-state index is 0.631. The van der Waals surface area contributed by atoms with E-state index in [1.54, 1.807) is 6.33 Å². The topological polar surface area (TPSA) is 46.0 Å². The Hall–Kier alpha value is -0.940. The van der Waals surface area contributed by atoms with Gasteiger partial charge in [-0.15, -0.1) is 0 Å². The molecule has 0 aromatic carbocycles. The van der Waals surface area contributed by atoms with Gasteiger partial charge in [0, 0.05) is 32.2 Å². The maximum Gasteiger partial charge on any atom is 0.141 e. The second-order valence-corrected chi connectivity index (χ2v) is 4.69. The fourth-order valence-corrected chi connectivity index (χ4v) is 2.32. The van der Waals surface area contributed by atoms with Crippen molar-refractivity contribution in [1.29, 1.82) is 0 Å². The maximum atomic E-state index is 4.37. The molecule has 96 valence electrons. The van der Waals surface area contributed by atoms with Crippen molar-refractivity contribution in [2.24, 2.45) is 0 Å². The van der Waals surface area contributed by atoms with E-state index >= 15 is 0 Å². The van der Waals surface area contributed by atoms with Crippen LogP contribution in [0, 0.1) is 0 Å². The van der Waals surface area contributed by atoms with Crippen molar-refractivity contribution in [3.05, 3.63) is 12.2 Å². The van der Waals surface area contributed by atoms with Gasteiger partial charge in [0.15, 0.2) is 0 Å². The van der Waals surface area contributed by atoms with E-state index in [0.29, 0.717) is 6.04 Å². The lowest BCUT2D eigenvalue weighted by Crippen LogP contribution is -2.50. The maximum absolute atomic E-state index is 4.37. The zero-order valence-electron chi connectivity index (χ0n) is 10.9. The summed E-state index contributed by atoms with van der Waals surface area (Å²) in [7, 11) is 0. The van der Waals surface area contributed by atoms with Crippen molar-refractivity contribution in [3.63, 3.8) is 0 Å². The van der Waals surface area contributed by atoms with Gasteiger partial charge in [-0.1, -0.05) is 13.8 Å². The summed E-state index contributed by atoms with van der Waals surface area (Å²) in [5.74, 6) is 1.10. The van der Waals surface area contributed by atoms with Crippen LogP contribution in [0.2, 0.25) is 0 Å². The summed E-state index contributed by atoms with van der Waals surface area (Å²) in [5, 5.41) is 7.81. The van der Waals surface area contributed by atoms with Crippen LogP contribution in [-0.2, 0) is 13.1 Å². The van der Waals surface area contributed by atoms with Gasteiger partial charge < -0.3 is 5.32 Å². The minimum Gasteiger partial charge on any atom is -0.311 e. The molecule has 1 fully saturated rings. The van der Waals surface area contributed by atoms with Gasteiger partial charge in [0.1, 0.15) is 12.2 Å². The molecular formula is C12H23N5. The molecule has 0 aliphatic carbocycles. The van der Waals surface area contributed by atoms with Gasteiger partial charge in [0.2, 0.25) is 0 Å². The molecule has 1 saturated heterocycles. The zero-order chi connectivity index (χ0) is 12.1. The van der Waals surface area contributed by atoms with Gasteiger partial charge in [-0.2, -0.15) is 5.10 Å². The number of hydrogen-bond acceptors (Lipinski definition) is 4. The predicted octanol–water partition coefficient (Wildman–Crippen LogP) is 0.872. The molecule has 0 radical (unpaired) electrons. The molecule has 1 aliphatic heterocycles. The van der Waals surface area contributed by atoms with Crippen molar-refractivity contribution in [2.45, 2.75) is 45.8 Å². The van der Waals surface area contributed by atoms with Gasteiger partial charge in [0.05, 0.1) is 6.54 Å². The van der Waals surface area contributed by atoms with Crippen LogP contribution in [0.3, 0.4) is 0 Å². The summed E-state index contributed by atoms with van der Waals surface area (Å²) < 4.78 is 2.03. The number of piperazine rings is 1. The second kappa shape index (κ2) is 6.12. The first kappa shape index (κ1) is 12.5. The molecule has 17 heavy (non-hydrogen) atoms. The Morgan fingerprint density at radius 3 is 3.12 bits per heavy atom. The Kier molecular flexibility index (Phi) is 4.50. The lowest BCUT2D eigenvalue weighted by atomic mass is 10.1. The summed E-state index contributed by atoms with van der Waals surface area (Å²) in [6.07, 6.45) is 3.97. The van der Waals surface area contributed by atoms with Crippen molar-refractivity contribution in [1.82, 2.24) is 25.0 Å². The van der Waals surface area contributed by atoms with Crippen molar-refractivity contribution in [3.8, 4) is 0 Å². The van der Waals surface area contributed by atoms with Gasteiger partial charge in [-0.05, 0) is 12.8 Å². The first-order chi connectivity index (χ1) is 8.33. The normalized spacial score (nSPS) is 21.9. The van der Waals surface area contributed by atoms with Crippen LogP contribution in [0.25, 0.3) is 0 Å². The number of aromatic nitrogens is 3. The van der Waals surface area contributed by atoms with Crippen molar-refractivity contribution < 1.29 is 0 Å². The van der Waals surface area contributed by atoms with E-state index in [1.165, 1.54) is 6.42 Å². The lowest BCUT2D eigenvalue weighted by molar-refractivity contribution is 0.183. The van der Waals surface area contributed by atoms with Crippen LogP contribution in [0.4, 0.5) is 0 Å². The molecule has 1 aliphatic rings. The number of hydrogen-bond donors (Lipinski definition) is 1. The smallest absolute Gasteiger partial charge is 0.141 e. The number of rotatable bonds is 5. The Labute approximate surface area is 103 Å². The molecule has 2 heterocycles. The summed E-state index contributed by atoms with van der Waals surface area (Å²) in [5.41, 5.74) is 0. The van der Waals surface area contributed by atoms with E-state index in [4.69, 9.17) is 0 Å². The minimum atomic E-state index is 0.631. The van der Waals surface area contributed by atoms with E-state index in [0.717, 1.165) is 45.0 Å². The van der Waals surface area contributed by atoms with E-state index in [1.807, 2.05) is 4.68 Å². The first-order valence-electron chi connectivity index (χ1n) is 6.66. The summed E-state index contributed by atoms with van der Waals surface area (Å²) in [4.78, 5) is 6.84. The second-order valence-electron chi connectivity index (χ2n) is 4.69. The highest BCUT2D eigenvalue weighted by Gasteiger charge is 2.19. The quantitative estimate of drug-likeness (QED) is 0.825. The average Bonchev–Trinajstić information content (AvgIpc) is 2.78. The molecule has 0 saturated carbocycles. The highest BCUT2D eigenvalue weighted by atomic mass is 15.4. The Morgan fingerprint density at radius 2 is 2.35 bits per heavy atom. The first-order valence-corrected chi connectivity index (χ1v) is 6.66. The van der Waals surface area contributed by atoms with Crippen LogP contribution in [-0.4, -0.2) is 45.3 Å². The number of aryl methyl sites for hydroxylation is 1. The molecule has 0 amide bonds. The molecule has 1 atom stereocenters. The summed E-state index contributed by atoms with van der Waals surface area (Å²) >= 11 is 0. The Balaban J connectivity index is 1.93. The molecule has 5 nitrogen and oxygen atoms in total. The number of nitrogens with zero attached hydrogens (tertiary/aromatic N) is 4. The SMILES string of the molecule is CCCn1ncnc1CN1CCNC(CC)C1. The summed E-state index contributed by atoms with van der Waals surface area (Å²) in [6.45, 7) is 9.62. The number of nitrogens with one attached hydrogen (secondary N) is 1. The molecule has 0 bridgehead atoms. The molecule has 1 unspecified atom stereocenters. The average molecular weight is 237 g/mol. The van der Waals surface area contributed by atoms with Gasteiger partial charge in [-0.25, -0.2) is 9.67 Å². The van der Waals surface area contributed by atoms with Crippen LogP contribution >= 0.6 is 0 Å². The monoisotopic (exact) mass is 237 g/mol. The lowest BCUT2D eigenvalue weighted by Gasteiger charge is -2.32. The van der Waals surface area contributed by atoms with Gasteiger partial charge >= 0.3 is 0 Å². The highest BCUT2D eigenvalue weighted by molar-refractivity contribution is 4.87. The molecular weight excluding hydrogens is 214 g/mol. The third-order valence-corrected chi connectivity index (χ3v) is 3.33. The Bertz CT molecular complexity index is 335. The fraction of sp³-hybridized carbons (Fsp3) is 0.833. The molecule has 1 aromatic rings. The van der Waals surface area contributed by atoms with Gasteiger partial charge in [-0.3, -0.25) is 4.90 Å². The van der Waals surface area contributed by atoms with E-state index < -0.39 is 0 Å². The van der Waals surface area contributed by atoms with Crippen molar-refractivity contribution in [2.75, 3.05) is 19.6 Å². The molecule has 2 rings (SSSR count). The predicted molar refractivity (Wildman–Crippen MR) is 67.7 cm³/mol. The molecule has 0 spiro atoms. The third kappa shape index (κ3) is 3.26. The van der Waals surface area contributed by atoms with Crippen LogP contribution < -0.4 is 5.32 Å². The van der Waals surface area contributed by atoms with E-state index in [-0.39, 0.29) is 0 Å². The Morgan fingerprint density at radius 1 is 1.47 bits per heavy atom. The fourth-order valence-electron chi connectivity index (χ4n) is 2.32. The van der Waals surface area contributed by atoms with Crippen LogP contribution in [0.5, 0.6) is 0 Å². The van der Waals surface area contributed by atoms with Gasteiger partial charge in [0.25, 0.3) is 0 Å². The van der Waals surface area contributed by atoms with E-state index in [9.17, 15) is 0 Å². The van der Waals surface area contributed by atoms with Crippen LogP contribution in [0.15, 0.2) is 6.33 Å². The van der Waals surface area contributed by atoms with Crippen molar-refractivity contribution >= 4 is 0 Å². The van der Waals surface area contributed by atoms with E-state index in [2.05, 4.69) is 34.1 Å². The van der Waals surface area contributed by atoms with Crippen LogP contribution in [0.1, 0.15) is 32.5 Å². The summed E-state index contributed by atoms with van der Waals surface area (Å²) in [6, 6.07) is 0.631. The largest absolute Gasteiger partial charge is 0.311 e. The molecule has 5 heteroatoms. The third-order valence-electron chi connectivity index (χ3n) is 3.33. The molecule has 1 aromatic heterocycles. The standard InChI is InChI=1S/C12H23N5/c1-3-6-17-12(14-10-15-17)9-16-7-5-13-11(4-2)8-16/h10-11,13H,3-9H2,1-2H3. The highest BCUT2D eigenvalue weighted by Crippen LogP contribution is 2.07.